The number of halogens is 1. The molecule has 3 nitrogen and oxygen atoms in total. The number of carbonyl (C=O) groups is 1. The van der Waals surface area contributed by atoms with E-state index in [4.69, 9.17) is 23.8 Å². The fourth-order valence-corrected chi connectivity index (χ4v) is 1.59. The quantitative estimate of drug-likeness (QED) is 0.775. The number of nitrogens with two attached hydrogens (primary N) is 1. The smallest absolute Gasteiger partial charge is 0.237 e. The van der Waals surface area contributed by atoms with Crippen molar-refractivity contribution in [2.45, 2.75) is 18.9 Å². The molecule has 0 heterocycles. The summed E-state index contributed by atoms with van der Waals surface area (Å²) >= 11 is 5.85. The van der Waals surface area contributed by atoms with Crippen molar-refractivity contribution in [1.29, 1.82) is 0 Å². The van der Waals surface area contributed by atoms with E-state index in [0.717, 1.165) is 12.0 Å². The first kappa shape index (κ1) is 13.6. The van der Waals surface area contributed by atoms with Gasteiger partial charge in [0.1, 0.15) is 0 Å². The predicted molar refractivity (Wildman–Crippen MR) is 69.6 cm³/mol. The number of hydrogen-bond acceptors (Lipinski definition) is 2. The number of hydrogen-bond donors (Lipinski definition) is 2. The van der Waals surface area contributed by atoms with Gasteiger partial charge in [-0.25, -0.2) is 0 Å². The van der Waals surface area contributed by atoms with Crippen molar-refractivity contribution < 1.29 is 4.79 Å². The van der Waals surface area contributed by atoms with Crippen molar-refractivity contribution in [1.82, 2.24) is 5.32 Å². The minimum absolute atomic E-state index is 0.218. The molecule has 0 aromatic heterocycles. The fourth-order valence-electron chi connectivity index (χ4n) is 1.37. The second kappa shape index (κ2) is 6.95. The summed E-state index contributed by atoms with van der Waals surface area (Å²) in [5.74, 6) is 2.14. The molecule has 0 aliphatic heterocycles. The molecule has 1 aromatic carbocycles. The van der Waals surface area contributed by atoms with Crippen LogP contribution in [0.1, 0.15) is 12.0 Å². The van der Waals surface area contributed by atoms with E-state index in [1.807, 2.05) is 24.3 Å². The zero-order valence-electron chi connectivity index (χ0n) is 9.45. The zero-order chi connectivity index (χ0) is 12.7. The molecule has 0 saturated heterocycles. The van der Waals surface area contributed by atoms with Gasteiger partial charge in [0.15, 0.2) is 0 Å². The average molecular weight is 251 g/mol. The molecule has 0 saturated carbocycles. The summed E-state index contributed by atoms with van der Waals surface area (Å²) in [6.45, 7) is 0.525. The van der Waals surface area contributed by atoms with E-state index < -0.39 is 6.04 Å². The Bertz CT molecular complexity index is 426. The molecule has 1 aromatic rings. The van der Waals surface area contributed by atoms with Crippen molar-refractivity contribution in [2.75, 3.05) is 6.54 Å². The van der Waals surface area contributed by atoms with Crippen molar-refractivity contribution in [2.24, 2.45) is 5.73 Å². The molecule has 0 bridgehead atoms. The molecule has 0 spiro atoms. The van der Waals surface area contributed by atoms with E-state index >= 15 is 0 Å². The highest BCUT2D eigenvalue weighted by molar-refractivity contribution is 6.30. The third kappa shape index (κ3) is 4.90. The molecule has 1 atom stereocenters. The first-order valence-electron chi connectivity index (χ1n) is 5.34. The maximum atomic E-state index is 11.4. The molecule has 1 rings (SSSR count). The SMILES string of the molecule is C#CCC(N)C(=O)NCCc1cccc(Cl)c1. The summed E-state index contributed by atoms with van der Waals surface area (Å²) in [6, 6.07) is 6.89. The van der Waals surface area contributed by atoms with Crippen LogP contribution in [0.5, 0.6) is 0 Å². The summed E-state index contributed by atoms with van der Waals surface area (Å²) in [7, 11) is 0. The molecule has 4 heteroatoms. The highest BCUT2D eigenvalue weighted by atomic mass is 35.5. The van der Waals surface area contributed by atoms with Crippen LogP contribution in [0.2, 0.25) is 5.02 Å². The van der Waals surface area contributed by atoms with Gasteiger partial charge in [-0.15, -0.1) is 12.3 Å². The lowest BCUT2D eigenvalue weighted by Crippen LogP contribution is -2.41. The zero-order valence-corrected chi connectivity index (χ0v) is 10.2. The van der Waals surface area contributed by atoms with Crippen molar-refractivity contribution in [3.8, 4) is 12.3 Å². The third-order valence-corrected chi connectivity index (χ3v) is 2.51. The van der Waals surface area contributed by atoms with Crippen LogP contribution in [0.4, 0.5) is 0 Å². The van der Waals surface area contributed by atoms with Crippen LogP contribution in [0, 0.1) is 12.3 Å². The van der Waals surface area contributed by atoms with Crippen LogP contribution in [-0.2, 0) is 11.2 Å². The Hall–Kier alpha value is -1.50. The summed E-state index contributed by atoms with van der Waals surface area (Å²) in [6.07, 6.45) is 6.05. The largest absolute Gasteiger partial charge is 0.354 e. The maximum absolute atomic E-state index is 11.4. The van der Waals surface area contributed by atoms with E-state index in [9.17, 15) is 4.79 Å². The second-order valence-electron chi connectivity index (χ2n) is 3.69. The minimum atomic E-state index is -0.626. The Kier molecular flexibility index (Phi) is 5.55. The number of rotatable bonds is 5. The van der Waals surface area contributed by atoms with E-state index in [1.54, 1.807) is 0 Å². The number of terminal acetylenes is 1. The van der Waals surface area contributed by atoms with Crippen LogP contribution < -0.4 is 11.1 Å². The maximum Gasteiger partial charge on any atom is 0.237 e. The van der Waals surface area contributed by atoms with Gasteiger partial charge in [0.2, 0.25) is 5.91 Å². The van der Waals surface area contributed by atoms with Gasteiger partial charge in [0.05, 0.1) is 6.04 Å². The van der Waals surface area contributed by atoms with Crippen LogP contribution in [0.15, 0.2) is 24.3 Å². The summed E-state index contributed by atoms with van der Waals surface area (Å²) in [5, 5.41) is 3.43. The second-order valence-corrected chi connectivity index (χ2v) is 4.12. The van der Waals surface area contributed by atoms with Crippen LogP contribution in [0.25, 0.3) is 0 Å². The Balaban J connectivity index is 2.33. The van der Waals surface area contributed by atoms with Gasteiger partial charge in [-0.1, -0.05) is 23.7 Å². The molecule has 1 unspecified atom stereocenters. The summed E-state index contributed by atoms with van der Waals surface area (Å²) in [5.41, 5.74) is 6.63. The molecule has 0 fully saturated rings. The monoisotopic (exact) mass is 250 g/mol. The third-order valence-electron chi connectivity index (χ3n) is 2.28. The minimum Gasteiger partial charge on any atom is -0.354 e. The van der Waals surface area contributed by atoms with Crippen molar-refractivity contribution >= 4 is 17.5 Å². The lowest BCUT2D eigenvalue weighted by atomic mass is 10.1. The Morgan fingerprint density at radius 1 is 1.59 bits per heavy atom. The summed E-state index contributed by atoms with van der Waals surface area (Å²) in [4.78, 5) is 11.4. The van der Waals surface area contributed by atoms with Gasteiger partial charge < -0.3 is 11.1 Å². The Labute approximate surface area is 106 Å². The van der Waals surface area contributed by atoms with Crippen LogP contribution >= 0.6 is 11.6 Å². The van der Waals surface area contributed by atoms with Gasteiger partial charge in [0.25, 0.3) is 0 Å². The molecule has 90 valence electrons. The standard InChI is InChI=1S/C13H15ClN2O/c1-2-4-12(15)13(17)16-8-7-10-5-3-6-11(14)9-10/h1,3,5-6,9,12H,4,7-8,15H2,(H,16,17). The normalized spacial score (nSPS) is 11.6. The summed E-state index contributed by atoms with van der Waals surface area (Å²) < 4.78 is 0. The van der Waals surface area contributed by atoms with Crippen LogP contribution in [0.3, 0.4) is 0 Å². The fraction of sp³-hybridized carbons (Fsp3) is 0.308. The molecular weight excluding hydrogens is 236 g/mol. The number of carbonyl (C=O) groups excluding carboxylic acids is 1. The van der Waals surface area contributed by atoms with Gasteiger partial charge in [-0.3, -0.25) is 4.79 Å². The van der Waals surface area contributed by atoms with Crippen molar-refractivity contribution in [3.05, 3.63) is 34.9 Å². The molecule has 0 aliphatic rings. The van der Waals surface area contributed by atoms with Gasteiger partial charge >= 0.3 is 0 Å². The Morgan fingerprint density at radius 2 is 2.35 bits per heavy atom. The Morgan fingerprint density at radius 3 is 3.00 bits per heavy atom. The average Bonchev–Trinajstić information content (AvgIpc) is 2.29. The predicted octanol–water partition coefficient (Wildman–Crippen LogP) is 1.35. The number of nitrogens with one attached hydrogen (secondary N) is 1. The van der Waals surface area contributed by atoms with Crippen LogP contribution in [-0.4, -0.2) is 18.5 Å². The van der Waals surface area contributed by atoms with E-state index in [2.05, 4.69) is 11.2 Å². The van der Waals surface area contributed by atoms with Gasteiger partial charge in [-0.05, 0) is 24.1 Å². The highest BCUT2D eigenvalue weighted by Crippen LogP contribution is 2.10. The van der Waals surface area contributed by atoms with Crippen molar-refractivity contribution in [3.63, 3.8) is 0 Å². The molecular formula is C13H15ClN2O. The number of benzene rings is 1. The van der Waals surface area contributed by atoms with E-state index in [0.29, 0.717) is 11.6 Å². The van der Waals surface area contributed by atoms with Gasteiger partial charge in [0, 0.05) is 18.0 Å². The highest BCUT2D eigenvalue weighted by Gasteiger charge is 2.10. The molecule has 1 amide bonds. The lowest BCUT2D eigenvalue weighted by Gasteiger charge is -2.09. The van der Waals surface area contributed by atoms with E-state index in [-0.39, 0.29) is 12.3 Å². The van der Waals surface area contributed by atoms with Gasteiger partial charge in [-0.2, -0.15) is 0 Å². The number of amides is 1. The first-order chi connectivity index (χ1) is 8.13. The molecule has 17 heavy (non-hydrogen) atoms. The lowest BCUT2D eigenvalue weighted by molar-refractivity contribution is -0.122. The topological polar surface area (TPSA) is 55.1 Å². The molecule has 3 N–H and O–H groups in total. The molecule has 0 radical (unpaired) electrons. The van der Waals surface area contributed by atoms with E-state index in [1.165, 1.54) is 0 Å². The first-order valence-corrected chi connectivity index (χ1v) is 5.72. The molecule has 0 aliphatic carbocycles.